The topological polar surface area (TPSA) is 69.4 Å². The van der Waals surface area contributed by atoms with Crippen LogP contribution in [0.1, 0.15) is 16.7 Å². The van der Waals surface area contributed by atoms with Gasteiger partial charge in [0, 0.05) is 11.6 Å². The summed E-state index contributed by atoms with van der Waals surface area (Å²) in [5.41, 5.74) is 2.20. The van der Waals surface area contributed by atoms with Crippen LogP contribution in [0.4, 0.5) is 5.69 Å². The Labute approximate surface area is 122 Å². The van der Waals surface area contributed by atoms with Gasteiger partial charge in [-0.1, -0.05) is 35.9 Å². The number of nitrogens with zero attached hydrogens (tertiary/aromatic N) is 1. The summed E-state index contributed by atoms with van der Waals surface area (Å²) < 4.78 is 5.28. The van der Waals surface area contributed by atoms with Crippen LogP contribution in [0, 0.1) is 24.0 Å². The number of rotatable bonds is 4. The maximum Gasteiger partial charge on any atom is 0.315 e. The fourth-order valence-corrected chi connectivity index (χ4v) is 2.07. The van der Waals surface area contributed by atoms with Crippen LogP contribution in [-0.4, -0.2) is 10.9 Å². The highest BCUT2D eigenvalue weighted by atomic mass is 16.6. The molecule has 2 aromatic rings. The van der Waals surface area contributed by atoms with Crippen molar-refractivity contribution in [3.05, 3.63) is 69.3 Å². The number of carbonyl (C=O) groups excluding carboxylic acids is 1. The standard InChI is InChI=1S/C16H15NO4/c1-11-7-8-15(12(2)9-11)21-16(18)10-13-5-3-4-6-14(13)17(19)20/h3-9H,10H2,1-2H3. The number of hydrogen-bond acceptors (Lipinski definition) is 4. The lowest BCUT2D eigenvalue weighted by molar-refractivity contribution is -0.385. The molecule has 0 radical (unpaired) electrons. The van der Waals surface area contributed by atoms with Crippen molar-refractivity contribution in [1.82, 2.24) is 0 Å². The van der Waals surface area contributed by atoms with E-state index in [1.54, 1.807) is 24.3 Å². The van der Waals surface area contributed by atoms with Gasteiger partial charge in [-0.15, -0.1) is 0 Å². The van der Waals surface area contributed by atoms with Crippen molar-refractivity contribution in [2.45, 2.75) is 20.3 Å². The highest BCUT2D eigenvalue weighted by molar-refractivity contribution is 5.76. The van der Waals surface area contributed by atoms with Gasteiger partial charge < -0.3 is 4.74 Å². The molecule has 0 aromatic heterocycles. The first-order valence-corrected chi connectivity index (χ1v) is 6.47. The number of hydrogen-bond donors (Lipinski definition) is 0. The minimum Gasteiger partial charge on any atom is -0.426 e. The van der Waals surface area contributed by atoms with Crippen LogP contribution in [0.2, 0.25) is 0 Å². The normalized spacial score (nSPS) is 10.2. The van der Waals surface area contributed by atoms with E-state index in [0.717, 1.165) is 11.1 Å². The molecule has 0 atom stereocenters. The van der Waals surface area contributed by atoms with Crippen molar-refractivity contribution in [2.24, 2.45) is 0 Å². The Bertz CT molecular complexity index is 694. The van der Waals surface area contributed by atoms with Crippen LogP contribution in [0.3, 0.4) is 0 Å². The van der Waals surface area contributed by atoms with E-state index in [4.69, 9.17) is 4.74 Å². The Morgan fingerprint density at radius 1 is 1.19 bits per heavy atom. The van der Waals surface area contributed by atoms with Gasteiger partial charge in [-0.05, 0) is 25.5 Å². The molecule has 21 heavy (non-hydrogen) atoms. The second-order valence-corrected chi connectivity index (χ2v) is 4.81. The summed E-state index contributed by atoms with van der Waals surface area (Å²) in [5, 5.41) is 10.9. The van der Waals surface area contributed by atoms with E-state index >= 15 is 0 Å². The van der Waals surface area contributed by atoms with Gasteiger partial charge in [0.25, 0.3) is 5.69 Å². The number of para-hydroxylation sites is 1. The zero-order valence-electron chi connectivity index (χ0n) is 11.8. The van der Waals surface area contributed by atoms with Crippen LogP contribution in [0.25, 0.3) is 0 Å². The fraction of sp³-hybridized carbons (Fsp3) is 0.188. The van der Waals surface area contributed by atoms with Crippen molar-refractivity contribution in [3.63, 3.8) is 0 Å². The molecule has 0 spiro atoms. The van der Waals surface area contributed by atoms with Gasteiger partial charge in [-0.2, -0.15) is 0 Å². The number of aryl methyl sites for hydroxylation is 2. The van der Waals surface area contributed by atoms with E-state index in [0.29, 0.717) is 11.3 Å². The van der Waals surface area contributed by atoms with E-state index in [9.17, 15) is 14.9 Å². The van der Waals surface area contributed by atoms with Gasteiger partial charge in [0.2, 0.25) is 0 Å². The zero-order chi connectivity index (χ0) is 15.4. The average Bonchev–Trinajstić information content (AvgIpc) is 2.42. The van der Waals surface area contributed by atoms with E-state index < -0.39 is 10.9 Å². The van der Waals surface area contributed by atoms with E-state index in [-0.39, 0.29) is 12.1 Å². The van der Waals surface area contributed by atoms with Crippen molar-refractivity contribution in [2.75, 3.05) is 0 Å². The summed E-state index contributed by atoms with van der Waals surface area (Å²) >= 11 is 0. The molecule has 0 aliphatic rings. The van der Waals surface area contributed by atoms with Gasteiger partial charge in [-0.25, -0.2) is 0 Å². The summed E-state index contributed by atoms with van der Waals surface area (Å²) in [5.74, 6) is -0.0413. The molecule has 5 nitrogen and oxygen atoms in total. The molecule has 2 aromatic carbocycles. The lowest BCUT2D eigenvalue weighted by atomic mass is 10.1. The number of benzene rings is 2. The van der Waals surface area contributed by atoms with Crippen molar-refractivity contribution < 1.29 is 14.5 Å². The highest BCUT2D eigenvalue weighted by Crippen LogP contribution is 2.21. The third-order valence-corrected chi connectivity index (χ3v) is 3.08. The molecule has 2 rings (SSSR count). The summed E-state index contributed by atoms with van der Waals surface area (Å²) in [6, 6.07) is 11.6. The summed E-state index contributed by atoms with van der Waals surface area (Å²) in [7, 11) is 0. The molecule has 0 aliphatic carbocycles. The Hall–Kier alpha value is -2.69. The summed E-state index contributed by atoms with van der Waals surface area (Å²) in [6.07, 6.45) is -0.134. The second kappa shape index (κ2) is 6.17. The average molecular weight is 285 g/mol. The van der Waals surface area contributed by atoms with Crippen LogP contribution < -0.4 is 4.74 Å². The first-order chi connectivity index (χ1) is 9.97. The third-order valence-electron chi connectivity index (χ3n) is 3.08. The molecule has 5 heteroatoms. The monoisotopic (exact) mass is 285 g/mol. The molecule has 0 N–H and O–H groups in total. The van der Waals surface area contributed by atoms with Crippen molar-refractivity contribution >= 4 is 11.7 Å². The number of nitro groups is 1. The molecular weight excluding hydrogens is 270 g/mol. The Balaban J connectivity index is 2.14. The SMILES string of the molecule is Cc1ccc(OC(=O)Cc2ccccc2[N+](=O)[O-])c(C)c1. The number of carbonyl (C=O) groups is 1. The number of nitro benzene ring substituents is 1. The first kappa shape index (κ1) is 14.7. The van der Waals surface area contributed by atoms with Gasteiger partial charge in [-0.3, -0.25) is 14.9 Å². The van der Waals surface area contributed by atoms with Gasteiger partial charge in [0.1, 0.15) is 5.75 Å². The molecule has 0 saturated heterocycles. The van der Waals surface area contributed by atoms with E-state index in [2.05, 4.69) is 0 Å². The van der Waals surface area contributed by atoms with Gasteiger partial charge in [0.05, 0.1) is 11.3 Å². The molecule has 0 heterocycles. The second-order valence-electron chi connectivity index (χ2n) is 4.81. The molecule has 108 valence electrons. The number of ether oxygens (including phenoxy) is 1. The summed E-state index contributed by atoms with van der Waals surface area (Å²) in [4.78, 5) is 22.4. The van der Waals surface area contributed by atoms with E-state index in [1.807, 2.05) is 26.0 Å². The Morgan fingerprint density at radius 2 is 1.90 bits per heavy atom. The predicted molar refractivity (Wildman–Crippen MR) is 78.4 cm³/mol. The van der Waals surface area contributed by atoms with Crippen LogP contribution in [-0.2, 0) is 11.2 Å². The Morgan fingerprint density at radius 3 is 2.57 bits per heavy atom. The van der Waals surface area contributed by atoms with Crippen LogP contribution in [0.15, 0.2) is 42.5 Å². The minimum absolute atomic E-state index is 0.0740. The Kier molecular flexibility index (Phi) is 4.33. The smallest absolute Gasteiger partial charge is 0.315 e. The van der Waals surface area contributed by atoms with Crippen molar-refractivity contribution in [1.29, 1.82) is 0 Å². The van der Waals surface area contributed by atoms with Gasteiger partial charge in [0.15, 0.2) is 0 Å². The van der Waals surface area contributed by atoms with Crippen LogP contribution >= 0.6 is 0 Å². The molecule has 0 amide bonds. The van der Waals surface area contributed by atoms with E-state index in [1.165, 1.54) is 6.07 Å². The molecule has 0 bridgehead atoms. The molecular formula is C16H15NO4. The quantitative estimate of drug-likeness (QED) is 0.374. The van der Waals surface area contributed by atoms with Crippen LogP contribution in [0.5, 0.6) is 5.75 Å². The minimum atomic E-state index is -0.517. The van der Waals surface area contributed by atoms with Crippen molar-refractivity contribution in [3.8, 4) is 5.75 Å². The lowest BCUT2D eigenvalue weighted by Gasteiger charge is -2.08. The maximum atomic E-state index is 11.9. The zero-order valence-corrected chi connectivity index (χ0v) is 11.8. The fourth-order valence-electron chi connectivity index (χ4n) is 2.07. The highest BCUT2D eigenvalue weighted by Gasteiger charge is 2.17. The third kappa shape index (κ3) is 3.66. The molecule has 0 aliphatic heterocycles. The molecule has 0 saturated carbocycles. The first-order valence-electron chi connectivity index (χ1n) is 6.47. The maximum absolute atomic E-state index is 11.9. The summed E-state index contributed by atoms with van der Waals surface area (Å²) in [6.45, 7) is 3.80. The largest absolute Gasteiger partial charge is 0.426 e. The molecule has 0 unspecified atom stereocenters. The number of esters is 1. The van der Waals surface area contributed by atoms with Gasteiger partial charge >= 0.3 is 5.97 Å². The predicted octanol–water partition coefficient (Wildman–Crippen LogP) is 3.36. The lowest BCUT2D eigenvalue weighted by Crippen LogP contribution is -2.13. The molecule has 0 fully saturated rings.